The molecule has 25 heavy (non-hydrogen) atoms. The van der Waals surface area contributed by atoms with E-state index in [0.29, 0.717) is 31.9 Å². The Kier molecular flexibility index (Phi) is 4.94. The van der Waals surface area contributed by atoms with Gasteiger partial charge in [0.2, 0.25) is 5.88 Å². The normalized spacial score (nSPS) is 15.0. The van der Waals surface area contributed by atoms with E-state index < -0.39 is 22.9 Å². The van der Waals surface area contributed by atoms with Gasteiger partial charge in [0.05, 0.1) is 39.1 Å². The largest absolute Gasteiger partial charge is 0.494 e. The lowest BCUT2D eigenvalue weighted by molar-refractivity contribution is 0.0396. The number of hydrogen-bond donors (Lipinski definition) is 2. The van der Waals surface area contributed by atoms with E-state index in [-0.39, 0.29) is 12.1 Å². The van der Waals surface area contributed by atoms with Crippen LogP contribution in [0.3, 0.4) is 0 Å². The van der Waals surface area contributed by atoms with Crippen molar-refractivity contribution in [3.8, 4) is 5.88 Å². The van der Waals surface area contributed by atoms with Crippen molar-refractivity contribution < 1.29 is 14.2 Å². The van der Waals surface area contributed by atoms with Gasteiger partial charge in [-0.05, 0) is 17.7 Å². The standard InChI is InChI=1S/C16H17FN4O4/c17-12-3-1-11(2-4-12)10-21-15(23)13(14(22)19-16(21)24)9-18-20-5-7-25-8-6-20/h1-4,9,23H,5-8,10H2,(H,19,22,24)/b18-9+. The van der Waals surface area contributed by atoms with Crippen molar-refractivity contribution in [2.45, 2.75) is 6.54 Å². The predicted octanol–water partition coefficient (Wildman–Crippen LogP) is 0.0957. The molecule has 132 valence electrons. The molecule has 0 saturated carbocycles. The minimum Gasteiger partial charge on any atom is -0.494 e. The fourth-order valence-electron chi connectivity index (χ4n) is 2.42. The predicted molar refractivity (Wildman–Crippen MR) is 88.5 cm³/mol. The van der Waals surface area contributed by atoms with Crippen molar-refractivity contribution in [2.24, 2.45) is 5.10 Å². The summed E-state index contributed by atoms with van der Waals surface area (Å²) in [5.74, 6) is -0.893. The zero-order valence-electron chi connectivity index (χ0n) is 13.3. The Balaban J connectivity index is 1.91. The van der Waals surface area contributed by atoms with Gasteiger partial charge in [0.15, 0.2) is 0 Å². The highest BCUT2D eigenvalue weighted by atomic mass is 19.1. The molecule has 8 nitrogen and oxygen atoms in total. The molecule has 0 unspecified atom stereocenters. The molecule has 2 N–H and O–H groups in total. The SMILES string of the molecule is O=c1[nH]c(=O)n(Cc2ccc(F)cc2)c(O)c1/C=N/N1CCOCC1. The van der Waals surface area contributed by atoms with Crippen LogP contribution in [0, 0.1) is 5.82 Å². The Morgan fingerprint density at radius 3 is 2.60 bits per heavy atom. The Morgan fingerprint density at radius 1 is 1.24 bits per heavy atom. The van der Waals surface area contributed by atoms with Gasteiger partial charge in [-0.2, -0.15) is 5.10 Å². The molecular weight excluding hydrogens is 331 g/mol. The van der Waals surface area contributed by atoms with E-state index in [4.69, 9.17) is 4.74 Å². The smallest absolute Gasteiger partial charge is 0.331 e. The number of ether oxygens (including phenoxy) is 1. The number of hydrazone groups is 1. The highest BCUT2D eigenvalue weighted by molar-refractivity contribution is 5.81. The molecule has 0 aliphatic carbocycles. The van der Waals surface area contributed by atoms with Crippen molar-refractivity contribution in [1.29, 1.82) is 0 Å². The monoisotopic (exact) mass is 348 g/mol. The lowest BCUT2D eigenvalue weighted by Gasteiger charge is -2.23. The number of rotatable bonds is 4. The number of nitrogens with one attached hydrogen (secondary N) is 1. The maximum Gasteiger partial charge on any atom is 0.331 e. The molecule has 0 radical (unpaired) electrons. The van der Waals surface area contributed by atoms with Crippen LogP contribution in [0.5, 0.6) is 5.88 Å². The van der Waals surface area contributed by atoms with Crippen molar-refractivity contribution >= 4 is 6.21 Å². The van der Waals surface area contributed by atoms with Crippen LogP contribution in [-0.4, -0.2) is 52.2 Å². The summed E-state index contributed by atoms with van der Waals surface area (Å²) in [4.78, 5) is 26.1. The van der Waals surface area contributed by atoms with Crippen molar-refractivity contribution in [1.82, 2.24) is 14.6 Å². The molecule has 2 heterocycles. The molecule has 0 amide bonds. The molecular formula is C16H17FN4O4. The molecule has 3 rings (SSSR count). The van der Waals surface area contributed by atoms with Crippen LogP contribution in [0.25, 0.3) is 0 Å². The number of halogens is 1. The summed E-state index contributed by atoms with van der Waals surface area (Å²) in [7, 11) is 0. The first-order valence-electron chi connectivity index (χ1n) is 7.72. The van der Waals surface area contributed by atoms with Crippen molar-refractivity contribution in [3.05, 3.63) is 62.0 Å². The Hall–Kier alpha value is -2.94. The van der Waals surface area contributed by atoms with E-state index in [1.807, 2.05) is 0 Å². The van der Waals surface area contributed by atoms with E-state index >= 15 is 0 Å². The summed E-state index contributed by atoms with van der Waals surface area (Å²) in [6, 6.07) is 5.50. The number of H-pyrrole nitrogens is 1. The zero-order valence-corrected chi connectivity index (χ0v) is 13.3. The van der Waals surface area contributed by atoms with Crippen LogP contribution in [-0.2, 0) is 11.3 Å². The van der Waals surface area contributed by atoms with Crippen LogP contribution in [0.4, 0.5) is 4.39 Å². The number of nitrogens with zero attached hydrogens (tertiary/aromatic N) is 3. The third-order valence-corrected chi connectivity index (χ3v) is 3.80. The molecule has 1 aromatic carbocycles. The Bertz CT molecular complexity index is 882. The molecule has 0 atom stereocenters. The van der Waals surface area contributed by atoms with Crippen molar-refractivity contribution in [2.75, 3.05) is 26.3 Å². The molecule has 1 fully saturated rings. The lowest BCUT2D eigenvalue weighted by Crippen LogP contribution is -2.34. The van der Waals surface area contributed by atoms with Gasteiger partial charge in [-0.25, -0.2) is 9.18 Å². The quantitative estimate of drug-likeness (QED) is 0.763. The molecule has 1 aliphatic rings. The van der Waals surface area contributed by atoms with Gasteiger partial charge >= 0.3 is 5.69 Å². The second kappa shape index (κ2) is 7.31. The molecule has 0 bridgehead atoms. The number of hydrogen-bond acceptors (Lipinski definition) is 6. The summed E-state index contributed by atoms with van der Waals surface area (Å²) in [5, 5.41) is 16.2. The van der Waals surface area contributed by atoms with Crippen LogP contribution in [0.15, 0.2) is 39.0 Å². The van der Waals surface area contributed by atoms with Crippen LogP contribution >= 0.6 is 0 Å². The molecule has 9 heteroatoms. The lowest BCUT2D eigenvalue weighted by atomic mass is 10.2. The summed E-state index contributed by atoms with van der Waals surface area (Å²) in [5.41, 5.74) is -1.000. The fourth-order valence-corrected chi connectivity index (χ4v) is 2.42. The van der Waals surface area contributed by atoms with E-state index in [9.17, 15) is 19.1 Å². The maximum atomic E-state index is 13.0. The molecule has 1 saturated heterocycles. The van der Waals surface area contributed by atoms with E-state index in [1.54, 1.807) is 5.01 Å². The summed E-state index contributed by atoms with van der Waals surface area (Å²) < 4.78 is 19.2. The third-order valence-electron chi connectivity index (χ3n) is 3.80. The van der Waals surface area contributed by atoms with Gasteiger partial charge in [-0.3, -0.25) is 19.4 Å². The van der Waals surface area contributed by atoms with Gasteiger partial charge in [-0.15, -0.1) is 0 Å². The minimum absolute atomic E-state index is 0.0138. The minimum atomic E-state index is -0.754. The first-order valence-corrected chi connectivity index (χ1v) is 7.72. The number of aromatic amines is 1. The highest BCUT2D eigenvalue weighted by Gasteiger charge is 2.14. The van der Waals surface area contributed by atoms with Gasteiger partial charge < -0.3 is 9.84 Å². The number of morpholine rings is 1. The molecule has 2 aromatic rings. The molecule has 1 aliphatic heterocycles. The number of aromatic hydroxyl groups is 1. The van der Waals surface area contributed by atoms with E-state index in [0.717, 1.165) is 4.57 Å². The van der Waals surface area contributed by atoms with Crippen molar-refractivity contribution in [3.63, 3.8) is 0 Å². The van der Waals surface area contributed by atoms with Gasteiger partial charge in [0.1, 0.15) is 11.4 Å². The number of benzene rings is 1. The van der Waals surface area contributed by atoms with Crippen LogP contribution in [0.1, 0.15) is 11.1 Å². The maximum absolute atomic E-state index is 13.0. The average molecular weight is 348 g/mol. The van der Waals surface area contributed by atoms with Crippen LogP contribution < -0.4 is 11.2 Å². The van der Waals surface area contributed by atoms with Gasteiger partial charge in [-0.1, -0.05) is 12.1 Å². The first-order chi connectivity index (χ1) is 12.0. The molecule has 0 spiro atoms. The summed E-state index contributed by atoms with van der Waals surface area (Å²) in [6.45, 7) is 2.20. The Labute approximate surface area is 141 Å². The van der Waals surface area contributed by atoms with E-state index in [2.05, 4.69) is 10.1 Å². The van der Waals surface area contributed by atoms with Crippen LogP contribution in [0.2, 0.25) is 0 Å². The zero-order chi connectivity index (χ0) is 17.8. The summed E-state index contributed by atoms with van der Waals surface area (Å²) >= 11 is 0. The Morgan fingerprint density at radius 2 is 1.92 bits per heavy atom. The van der Waals surface area contributed by atoms with E-state index in [1.165, 1.54) is 30.5 Å². The first kappa shape index (κ1) is 16.9. The fraction of sp³-hybridized carbons (Fsp3) is 0.312. The summed E-state index contributed by atoms with van der Waals surface area (Å²) in [6.07, 6.45) is 1.22. The van der Waals surface area contributed by atoms with Gasteiger partial charge in [0, 0.05) is 0 Å². The second-order valence-electron chi connectivity index (χ2n) is 5.52. The second-order valence-corrected chi connectivity index (χ2v) is 5.52. The highest BCUT2D eigenvalue weighted by Crippen LogP contribution is 2.12. The third kappa shape index (κ3) is 3.94. The topological polar surface area (TPSA) is 99.9 Å². The average Bonchev–Trinajstić information content (AvgIpc) is 2.61. The molecule has 1 aromatic heterocycles. The van der Waals surface area contributed by atoms with Gasteiger partial charge in [0.25, 0.3) is 5.56 Å². The number of aromatic nitrogens is 2.